The lowest BCUT2D eigenvalue weighted by molar-refractivity contribution is -0.179. The first-order valence-corrected chi connectivity index (χ1v) is 47.2. The van der Waals surface area contributed by atoms with Crippen LogP contribution < -0.4 is 0 Å². The molecule has 0 aromatic heterocycles. The van der Waals surface area contributed by atoms with Crippen LogP contribution in [0.2, 0.25) is 0 Å². The Labute approximate surface area is 642 Å². The molecule has 1 fully saturated rings. The van der Waals surface area contributed by atoms with Crippen LogP contribution in [0.15, 0.2) is 0 Å². The Morgan fingerprint density at radius 1 is 0.243 bits per heavy atom. The van der Waals surface area contributed by atoms with Gasteiger partial charge in [0.05, 0.1) is 6.61 Å². The quantitative estimate of drug-likeness (QED) is 0.0334. The van der Waals surface area contributed by atoms with E-state index in [1.54, 1.807) is 0 Å². The van der Waals surface area contributed by atoms with E-state index in [-0.39, 0.29) is 56.4 Å². The summed E-state index contributed by atoms with van der Waals surface area (Å²) in [7, 11) is 0. The number of unbranched alkanes of at least 4 members (excludes halogenated alkanes) is 72. The molecule has 0 aromatic carbocycles. The summed E-state index contributed by atoms with van der Waals surface area (Å²) in [6, 6.07) is 0. The number of hydrogen-bond donors (Lipinski definition) is 0. The van der Waals surface area contributed by atoms with Gasteiger partial charge in [-0.25, -0.2) is 0 Å². The summed E-state index contributed by atoms with van der Waals surface area (Å²) in [4.78, 5) is 54.8. The lowest BCUT2D eigenvalue weighted by Gasteiger charge is -2.28. The van der Waals surface area contributed by atoms with Crippen LogP contribution in [-0.2, 0) is 42.9 Å². The van der Waals surface area contributed by atoms with Crippen LogP contribution in [0.4, 0.5) is 0 Å². The molecule has 9 nitrogen and oxygen atoms in total. The zero-order valence-electron chi connectivity index (χ0n) is 70.0. The third kappa shape index (κ3) is 71.2. The van der Waals surface area contributed by atoms with E-state index in [0.717, 1.165) is 64.2 Å². The lowest BCUT2D eigenvalue weighted by Crippen LogP contribution is -2.47. The molecule has 4 atom stereocenters. The maximum Gasteiger partial charge on any atom is 0.306 e. The average molecular weight is 1450 g/mol. The largest absolute Gasteiger partial charge is 0.462 e. The Balaban J connectivity index is 2.81. The van der Waals surface area contributed by atoms with Gasteiger partial charge in [0.25, 0.3) is 0 Å². The fourth-order valence-corrected chi connectivity index (χ4v) is 15.7. The highest BCUT2D eigenvalue weighted by molar-refractivity contribution is 5.71. The maximum atomic E-state index is 13.9. The lowest BCUT2D eigenvalue weighted by atomic mass is 10.0. The summed E-state index contributed by atoms with van der Waals surface area (Å²) in [5, 5.41) is 0. The van der Waals surface area contributed by atoms with Crippen molar-refractivity contribution in [1.82, 2.24) is 0 Å². The number of rotatable bonds is 86. The van der Waals surface area contributed by atoms with Crippen molar-refractivity contribution >= 4 is 23.9 Å². The Bertz CT molecular complexity index is 1740. The first kappa shape index (κ1) is 98.8. The predicted molar refractivity (Wildman–Crippen MR) is 442 cm³/mol. The van der Waals surface area contributed by atoms with Gasteiger partial charge in [0.2, 0.25) is 0 Å². The highest BCUT2D eigenvalue weighted by atomic mass is 16.7. The SMILES string of the molecule is CCCCCCCCCCCCCCCCCCCCCC(=O)OC[C@@H](OC(=O)CCCCCCCCCCCCCCCCCCCCC)[C@H]1OC[C@H](OC(=O)CCCCCCCCCCCCCCCCCCCCC)[C@H]1OC(=O)CCCCCCCCCCCCCCCCCCCCC. The molecule has 103 heavy (non-hydrogen) atoms. The van der Waals surface area contributed by atoms with Crippen molar-refractivity contribution in [3.05, 3.63) is 0 Å². The third-order valence-corrected chi connectivity index (χ3v) is 22.7. The number of carbonyl (C=O) groups is 4. The van der Waals surface area contributed by atoms with E-state index in [1.165, 1.54) is 411 Å². The van der Waals surface area contributed by atoms with Gasteiger partial charge in [0, 0.05) is 25.7 Å². The molecule has 0 spiro atoms. The smallest absolute Gasteiger partial charge is 0.306 e. The minimum atomic E-state index is -1.02. The second-order valence-electron chi connectivity index (χ2n) is 32.9. The van der Waals surface area contributed by atoms with Crippen LogP contribution >= 0.6 is 0 Å². The minimum absolute atomic E-state index is 0.00740. The molecule has 0 amide bonds. The summed E-state index contributed by atoms with van der Waals surface area (Å²) in [6.07, 6.45) is 95.2. The molecule has 0 aliphatic carbocycles. The van der Waals surface area contributed by atoms with Gasteiger partial charge >= 0.3 is 23.9 Å². The molecular weight excluding hydrogens is 1270 g/mol. The molecular formula is C94H180O9. The molecule has 0 N–H and O–H groups in total. The van der Waals surface area contributed by atoms with Crippen LogP contribution in [0, 0.1) is 0 Å². The normalized spacial score (nSPS) is 14.8. The van der Waals surface area contributed by atoms with Crippen LogP contribution in [0.3, 0.4) is 0 Å². The first-order valence-electron chi connectivity index (χ1n) is 47.2. The van der Waals surface area contributed by atoms with Gasteiger partial charge in [-0.1, -0.05) is 490 Å². The number of ether oxygens (including phenoxy) is 5. The van der Waals surface area contributed by atoms with Crippen molar-refractivity contribution in [2.75, 3.05) is 13.2 Å². The summed E-state index contributed by atoms with van der Waals surface area (Å²) >= 11 is 0. The summed E-state index contributed by atoms with van der Waals surface area (Å²) in [5.74, 6) is -1.40. The highest BCUT2D eigenvalue weighted by Gasteiger charge is 2.48. The zero-order valence-corrected chi connectivity index (χ0v) is 70.0. The predicted octanol–water partition coefficient (Wildman–Crippen LogP) is 31.0. The van der Waals surface area contributed by atoms with Crippen molar-refractivity contribution in [1.29, 1.82) is 0 Å². The molecule has 1 aliphatic rings. The van der Waals surface area contributed by atoms with Gasteiger partial charge in [0.15, 0.2) is 18.3 Å². The van der Waals surface area contributed by atoms with Gasteiger partial charge in [-0.05, 0) is 25.7 Å². The maximum absolute atomic E-state index is 13.9. The van der Waals surface area contributed by atoms with E-state index in [0.29, 0.717) is 19.3 Å². The summed E-state index contributed by atoms with van der Waals surface area (Å²) < 4.78 is 31.0. The topological polar surface area (TPSA) is 114 Å². The van der Waals surface area contributed by atoms with Crippen molar-refractivity contribution < 1.29 is 42.9 Å². The molecule has 1 aliphatic heterocycles. The van der Waals surface area contributed by atoms with Crippen molar-refractivity contribution in [3.8, 4) is 0 Å². The zero-order chi connectivity index (χ0) is 74.1. The van der Waals surface area contributed by atoms with E-state index in [9.17, 15) is 19.2 Å². The van der Waals surface area contributed by atoms with Gasteiger partial charge in [0.1, 0.15) is 12.7 Å². The molecule has 1 saturated heterocycles. The molecule has 1 heterocycles. The Hall–Kier alpha value is -2.16. The van der Waals surface area contributed by atoms with Crippen molar-refractivity contribution in [2.24, 2.45) is 0 Å². The fraction of sp³-hybridized carbons (Fsp3) is 0.957. The van der Waals surface area contributed by atoms with Crippen LogP contribution in [0.5, 0.6) is 0 Å². The third-order valence-electron chi connectivity index (χ3n) is 22.7. The molecule has 0 saturated carbocycles. The van der Waals surface area contributed by atoms with E-state index in [4.69, 9.17) is 23.7 Å². The molecule has 0 radical (unpaired) electrons. The van der Waals surface area contributed by atoms with Gasteiger partial charge in [-0.3, -0.25) is 19.2 Å². The number of hydrogen-bond acceptors (Lipinski definition) is 9. The molecule has 0 bridgehead atoms. The second kappa shape index (κ2) is 82.3. The van der Waals surface area contributed by atoms with Crippen LogP contribution in [-0.4, -0.2) is 61.5 Å². The Morgan fingerprint density at radius 2 is 0.427 bits per heavy atom. The summed E-state index contributed by atoms with van der Waals surface area (Å²) in [5.41, 5.74) is 0. The minimum Gasteiger partial charge on any atom is -0.462 e. The van der Waals surface area contributed by atoms with E-state index in [1.807, 2.05) is 0 Å². The van der Waals surface area contributed by atoms with Crippen molar-refractivity contribution in [3.63, 3.8) is 0 Å². The Morgan fingerprint density at radius 3 is 0.650 bits per heavy atom. The molecule has 0 aromatic rings. The standard InChI is InChI=1S/C94H180O9/c1-5-9-13-17-21-25-29-33-37-41-45-49-53-57-61-65-69-73-77-81-89(95)99-85-87(101-90(96)82-78-74-70-66-62-58-54-50-46-42-38-34-30-26-22-18-14-10-6-2)93-94(103-92(98)84-80-76-72-68-64-60-56-52-48-44-40-36-32-28-24-20-16-12-8-4)88(86-100-93)102-91(97)83-79-75-71-67-63-59-55-51-47-43-39-35-31-27-23-19-15-11-7-3/h87-88,93-94H,5-86H2,1-4H3/t87-,88+,93-,94-/m1/s1. The second-order valence-corrected chi connectivity index (χ2v) is 32.9. The van der Waals surface area contributed by atoms with Gasteiger partial charge in [-0.2, -0.15) is 0 Å². The van der Waals surface area contributed by atoms with Gasteiger partial charge < -0.3 is 23.7 Å². The van der Waals surface area contributed by atoms with E-state index >= 15 is 0 Å². The highest BCUT2D eigenvalue weighted by Crippen LogP contribution is 2.29. The number of carbonyl (C=O) groups excluding carboxylic acids is 4. The molecule has 1 rings (SSSR count). The summed E-state index contributed by atoms with van der Waals surface area (Å²) in [6.45, 7) is 8.96. The monoisotopic (exact) mass is 1450 g/mol. The fourth-order valence-electron chi connectivity index (χ4n) is 15.7. The molecule has 9 heteroatoms. The number of esters is 4. The average Bonchev–Trinajstić information content (AvgIpc) is 1.68. The van der Waals surface area contributed by atoms with E-state index < -0.39 is 24.4 Å². The molecule has 610 valence electrons. The molecule has 0 unspecified atom stereocenters. The van der Waals surface area contributed by atoms with Crippen molar-refractivity contribution in [2.45, 2.75) is 566 Å². The van der Waals surface area contributed by atoms with E-state index in [2.05, 4.69) is 27.7 Å². The first-order chi connectivity index (χ1) is 50.9. The van der Waals surface area contributed by atoms with Crippen LogP contribution in [0.25, 0.3) is 0 Å². The Kier molecular flexibility index (Phi) is 79.0. The van der Waals surface area contributed by atoms with Crippen LogP contribution in [0.1, 0.15) is 541 Å². The van der Waals surface area contributed by atoms with Gasteiger partial charge in [-0.15, -0.1) is 0 Å².